The number of benzene rings is 2. The molecule has 2 aromatic carbocycles. The van der Waals surface area contributed by atoms with E-state index in [0.29, 0.717) is 11.1 Å². The van der Waals surface area contributed by atoms with E-state index >= 15 is 4.39 Å². The van der Waals surface area contributed by atoms with E-state index in [1.807, 2.05) is 0 Å². The average Bonchev–Trinajstić information content (AvgIpc) is 3.57. The summed E-state index contributed by atoms with van der Waals surface area (Å²) in [6.07, 6.45) is 3.28. The molecule has 0 bridgehead atoms. The Morgan fingerprint density at radius 3 is 2.24 bits per heavy atom. The van der Waals surface area contributed by atoms with Gasteiger partial charge in [-0.2, -0.15) is 0 Å². The SMILES string of the molecule is CN1C(=O)C2(CCC(F)(F)CC2)c2cc(NS(=O)(=O)c3ccc(Br)cc3N3CCC4(CC3)CC4)cc(F)c21. The number of halogens is 4. The van der Waals surface area contributed by atoms with Crippen molar-refractivity contribution in [3.05, 3.63) is 46.2 Å². The summed E-state index contributed by atoms with van der Waals surface area (Å²) in [6, 6.07) is 7.45. The monoisotopic (exact) mass is 611 g/mol. The summed E-state index contributed by atoms with van der Waals surface area (Å²) in [5.74, 6) is -4.08. The molecule has 204 valence electrons. The Morgan fingerprint density at radius 1 is 0.947 bits per heavy atom. The zero-order valence-electron chi connectivity index (χ0n) is 21.0. The fraction of sp³-hybridized carbons (Fsp3) is 0.519. The van der Waals surface area contributed by atoms with Crippen LogP contribution in [-0.2, 0) is 20.2 Å². The molecule has 3 fully saturated rings. The molecule has 2 heterocycles. The number of piperidine rings is 1. The number of hydrogen-bond donors (Lipinski definition) is 1. The third-order valence-electron chi connectivity index (χ3n) is 9.05. The van der Waals surface area contributed by atoms with E-state index in [2.05, 4.69) is 25.6 Å². The minimum atomic E-state index is -4.14. The fourth-order valence-electron chi connectivity index (χ4n) is 6.50. The summed E-state index contributed by atoms with van der Waals surface area (Å²) in [6.45, 7) is 1.52. The molecule has 11 heteroatoms. The van der Waals surface area contributed by atoms with Crippen LogP contribution in [0.4, 0.5) is 30.2 Å². The molecule has 4 aliphatic rings. The highest BCUT2D eigenvalue weighted by Crippen LogP contribution is 2.55. The van der Waals surface area contributed by atoms with E-state index in [4.69, 9.17) is 0 Å². The Morgan fingerprint density at radius 2 is 1.61 bits per heavy atom. The summed E-state index contributed by atoms with van der Waals surface area (Å²) < 4.78 is 73.9. The van der Waals surface area contributed by atoms with E-state index in [9.17, 15) is 22.0 Å². The van der Waals surface area contributed by atoms with Gasteiger partial charge >= 0.3 is 0 Å². The van der Waals surface area contributed by atoms with Crippen LogP contribution in [0.1, 0.15) is 56.9 Å². The first-order chi connectivity index (χ1) is 17.8. The first-order valence-corrected chi connectivity index (χ1v) is 15.2. The number of likely N-dealkylation sites (N-methyl/N-ethyl adjacent to an activating group) is 1. The van der Waals surface area contributed by atoms with Crippen molar-refractivity contribution in [3.8, 4) is 0 Å². The number of hydrogen-bond acceptors (Lipinski definition) is 4. The molecule has 0 aromatic heterocycles. The summed E-state index contributed by atoms with van der Waals surface area (Å²) in [5.41, 5.74) is -0.0420. The third kappa shape index (κ3) is 4.20. The number of alkyl halides is 2. The topological polar surface area (TPSA) is 69.7 Å². The molecule has 2 aliphatic carbocycles. The van der Waals surface area contributed by atoms with Gasteiger partial charge in [0.25, 0.3) is 10.0 Å². The Hall–Kier alpha value is -2.27. The Bertz CT molecular complexity index is 1420. The molecule has 1 amide bonds. The normalized spacial score (nSPS) is 23.1. The second-order valence-electron chi connectivity index (χ2n) is 11.4. The lowest BCUT2D eigenvalue weighted by Gasteiger charge is -2.36. The predicted octanol–water partition coefficient (Wildman–Crippen LogP) is 6.19. The van der Waals surface area contributed by atoms with Crippen LogP contribution in [0.2, 0.25) is 0 Å². The molecule has 1 N–H and O–H groups in total. The van der Waals surface area contributed by atoms with Crippen molar-refractivity contribution in [1.82, 2.24) is 0 Å². The van der Waals surface area contributed by atoms with E-state index in [-0.39, 0.29) is 34.7 Å². The van der Waals surface area contributed by atoms with Crippen molar-refractivity contribution in [2.45, 2.75) is 67.6 Å². The maximum atomic E-state index is 15.4. The maximum absolute atomic E-state index is 15.4. The van der Waals surface area contributed by atoms with Crippen LogP contribution in [0.25, 0.3) is 0 Å². The van der Waals surface area contributed by atoms with Crippen molar-refractivity contribution in [1.29, 1.82) is 0 Å². The van der Waals surface area contributed by atoms with Gasteiger partial charge in [-0.15, -0.1) is 0 Å². The van der Waals surface area contributed by atoms with Gasteiger partial charge in [-0.1, -0.05) is 15.9 Å². The largest absolute Gasteiger partial charge is 0.370 e. The fourth-order valence-corrected chi connectivity index (χ4v) is 8.10. The maximum Gasteiger partial charge on any atom is 0.263 e. The van der Waals surface area contributed by atoms with Gasteiger partial charge in [0.2, 0.25) is 11.8 Å². The molecular formula is C27H29BrF3N3O3S. The number of nitrogens with one attached hydrogen (secondary N) is 1. The number of sulfonamides is 1. The van der Waals surface area contributed by atoms with Crippen molar-refractivity contribution in [3.63, 3.8) is 0 Å². The van der Waals surface area contributed by atoms with Gasteiger partial charge < -0.3 is 9.80 Å². The van der Waals surface area contributed by atoms with Gasteiger partial charge in [0.05, 0.1) is 22.5 Å². The van der Waals surface area contributed by atoms with Crippen LogP contribution in [0.3, 0.4) is 0 Å². The van der Waals surface area contributed by atoms with Gasteiger partial charge in [0.15, 0.2) is 0 Å². The van der Waals surface area contributed by atoms with E-state index < -0.39 is 45.9 Å². The second-order valence-corrected chi connectivity index (χ2v) is 13.9. The molecule has 0 radical (unpaired) electrons. The Kier molecular flexibility index (Phi) is 5.89. The van der Waals surface area contributed by atoms with Crippen LogP contribution in [0, 0.1) is 11.2 Å². The zero-order chi connectivity index (χ0) is 27.1. The van der Waals surface area contributed by atoms with E-state index in [0.717, 1.165) is 36.5 Å². The highest BCUT2D eigenvalue weighted by atomic mass is 79.9. The minimum absolute atomic E-state index is 0.0230. The molecule has 2 aromatic rings. The summed E-state index contributed by atoms with van der Waals surface area (Å²) in [4.78, 5) is 16.5. The van der Waals surface area contributed by atoms with Gasteiger partial charge in [-0.25, -0.2) is 21.6 Å². The molecule has 0 atom stereocenters. The van der Waals surface area contributed by atoms with Crippen LogP contribution in [0.15, 0.2) is 39.7 Å². The predicted molar refractivity (Wildman–Crippen MR) is 143 cm³/mol. The van der Waals surface area contributed by atoms with Crippen LogP contribution in [0.5, 0.6) is 0 Å². The van der Waals surface area contributed by atoms with Crippen molar-refractivity contribution in [2.75, 3.05) is 34.7 Å². The van der Waals surface area contributed by atoms with Gasteiger partial charge in [-0.05, 0) is 73.8 Å². The molecule has 1 saturated heterocycles. The number of amides is 1. The van der Waals surface area contributed by atoms with Gasteiger partial charge in [-0.3, -0.25) is 9.52 Å². The number of nitrogens with zero attached hydrogens (tertiary/aromatic N) is 2. The number of carbonyl (C=O) groups excluding carboxylic acids is 1. The highest BCUT2D eigenvalue weighted by Gasteiger charge is 2.55. The van der Waals surface area contributed by atoms with Crippen molar-refractivity contribution in [2.24, 2.45) is 5.41 Å². The lowest BCUT2D eigenvalue weighted by molar-refractivity contribution is -0.127. The lowest BCUT2D eigenvalue weighted by atomic mass is 9.69. The van der Waals surface area contributed by atoms with Crippen LogP contribution < -0.4 is 14.5 Å². The van der Waals surface area contributed by atoms with Crippen LogP contribution in [-0.4, -0.2) is 40.4 Å². The Balaban J connectivity index is 1.34. The summed E-state index contributed by atoms with van der Waals surface area (Å²) in [7, 11) is -2.72. The lowest BCUT2D eigenvalue weighted by Crippen LogP contribution is -2.44. The average molecular weight is 613 g/mol. The molecule has 2 aliphatic heterocycles. The van der Waals surface area contributed by atoms with Gasteiger partial charge in [0, 0.05) is 43.5 Å². The van der Waals surface area contributed by atoms with Crippen LogP contribution >= 0.6 is 15.9 Å². The standard InChI is InChI=1S/C27H29BrF3N3O3S/c1-33-23-19(26(24(33)35)6-8-27(30,31)9-7-26)15-18(16-20(23)29)32-38(36,37)22-3-2-17(28)14-21(22)34-12-10-25(4-5-25)11-13-34/h2-3,14-16,32H,4-13H2,1H3. The molecule has 2 spiro atoms. The summed E-state index contributed by atoms with van der Waals surface area (Å²) in [5, 5.41) is 0. The Labute approximate surface area is 228 Å². The van der Waals surface area contributed by atoms with E-state index in [1.165, 1.54) is 36.9 Å². The van der Waals surface area contributed by atoms with Crippen molar-refractivity contribution < 1.29 is 26.4 Å². The molecule has 0 unspecified atom stereocenters. The number of anilines is 3. The molecule has 38 heavy (non-hydrogen) atoms. The highest BCUT2D eigenvalue weighted by molar-refractivity contribution is 9.10. The van der Waals surface area contributed by atoms with Gasteiger partial charge in [0.1, 0.15) is 10.7 Å². The first kappa shape index (κ1) is 26.0. The number of fused-ring (bicyclic) bond motifs is 2. The third-order valence-corrected chi connectivity index (χ3v) is 11.0. The molecular weight excluding hydrogens is 583 g/mol. The zero-order valence-corrected chi connectivity index (χ0v) is 23.4. The quantitative estimate of drug-likeness (QED) is 0.447. The van der Waals surface area contributed by atoms with E-state index in [1.54, 1.807) is 12.1 Å². The smallest absolute Gasteiger partial charge is 0.263 e. The number of carbonyl (C=O) groups is 1. The summed E-state index contributed by atoms with van der Waals surface area (Å²) >= 11 is 3.45. The minimum Gasteiger partial charge on any atom is -0.370 e. The molecule has 2 saturated carbocycles. The first-order valence-electron chi connectivity index (χ1n) is 12.9. The second kappa shape index (κ2) is 8.61. The van der Waals surface area contributed by atoms with Crippen molar-refractivity contribution >= 4 is 48.9 Å². The molecule has 6 rings (SSSR count). The molecule has 6 nitrogen and oxygen atoms in total. The number of rotatable bonds is 4.